The van der Waals surface area contributed by atoms with Crippen LogP contribution in [0, 0.1) is 18.6 Å². The number of primary sulfonamides is 1. The lowest BCUT2D eigenvalue weighted by Crippen LogP contribution is -2.14. The topological polar surface area (TPSA) is 69.4 Å². The second-order valence-electron chi connectivity index (χ2n) is 4.52. The minimum absolute atomic E-state index is 0.0202. The number of hydrogen-bond acceptors (Lipinski definition) is 3. The highest BCUT2D eigenvalue weighted by atomic mass is 32.2. The summed E-state index contributed by atoms with van der Waals surface area (Å²) < 4.78 is 54.6. The number of rotatable bonds is 4. The zero-order valence-corrected chi connectivity index (χ0v) is 12.0. The van der Waals surface area contributed by atoms with Crippen LogP contribution >= 0.6 is 0 Å². The lowest BCUT2D eigenvalue weighted by Gasteiger charge is -2.11. The van der Waals surface area contributed by atoms with Gasteiger partial charge < -0.3 is 4.74 Å². The molecule has 0 saturated carbocycles. The zero-order chi connectivity index (χ0) is 15.6. The molecule has 0 aliphatic heterocycles. The number of ether oxygens (including phenoxy) is 1. The average molecular weight is 313 g/mol. The molecule has 0 saturated heterocycles. The molecule has 7 heteroatoms. The number of sulfonamides is 1. The summed E-state index contributed by atoms with van der Waals surface area (Å²) in [6, 6.07) is 7.51. The van der Waals surface area contributed by atoms with Crippen molar-refractivity contribution >= 4 is 10.0 Å². The van der Waals surface area contributed by atoms with Gasteiger partial charge in [0, 0.05) is 11.6 Å². The molecule has 21 heavy (non-hydrogen) atoms. The maximum atomic E-state index is 13.5. The van der Waals surface area contributed by atoms with Crippen molar-refractivity contribution in [3.63, 3.8) is 0 Å². The third kappa shape index (κ3) is 3.77. The third-order valence-corrected chi connectivity index (χ3v) is 3.74. The summed E-state index contributed by atoms with van der Waals surface area (Å²) in [5.41, 5.74) is 0.802. The van der Waals surface area contributed by atoms with Gasteiger partial charge in [-0.25, -0.2) is 22.3 Å². The Labute approximate surface area is 121 Å². The fourth-order valence-electron chi connectivity index (χ4n) is 1.75. The van der Waals surface area contributed by atoms with E-state index in [0.717, 1.165) is 12.1 Å². The molecule has 0 aromatic heterocycles. The molecule has 0 fully saturated rings. The minimum Gasteiger partial charge on any atom is -0.487 e. The molecule has 0 bridgehead atoms. The largest absolute Gasteiger partial charge is 0.487 e. The van der Waals surface area contributed by atoms with E-state index < -0.39 is 21.7 Å². The molecule has 0 heterocycles. The number of nitrogens with two attached hydrogens (primary N) is 1. The zero-order valence-electron chi connectivity index (χ0n) is 11.1. The smallest absolute Gasteiger partial charge is 0.241 e. The first-order valence-corrected chi connectivity index (χ1v) is 7.52. The highest BCUT2D eigenvalue weighted by molar-refractivity contribution is 7.89. The van der Waals surface area contributed by atoms with Crippen LogP contribution in [-0.2, 0) is 16.6 Å². The number of aryl methyl sites for hydroxylation is 1. The maximum Gasteiger partial charge on any atom is 0.241 e. The summed E-state index contributed by atoms with van der Waals surface area (Å²) >= 11 is 0. The van der Waals surface area contributed by atoms with Gasteiger partial charge in [0.25, 0.3) is 0 Å². The summed E-state index contributed by atoms with van der Waals surface area (Å²) in [6.07, 6.45) is 0. The fourth-order valence-corrected chi connectivity index (χ4v) is 2.51. The van der Waals surface area contributed by atoms with Gasteiger partial charge >= 0.3 is 0 Å². The molecule has 0 unspecified atom stereocenters. The molecule has 0 aliphatic carbocycles. The Bertz CT molecular complexity index is 776. The normalized spacial score (nSPS) is 11.4. The summed E-state index contributed by atoms with van der Waals surface area (Å²) in [5.74, 6) is -1.44. The van der Waals surface area contributed by atoms with Gasteiger partial charge in [-0.2, -0.15) is 0 Å². The molecule has 0 atom stereocenters. The Kier molecular flexibility index (Phi) is 4.24. The Balaban J connectivity index is 2.28. The van der Waals surface area contributed by atoms with Gasteiger partial charge in [-0.15, -0.1) is 0 Å². The predicted octanol–water partition coefficient (Wildman–Crippen LogP) is 2.50. The summed E-state index contributed by atoms with van der Waals surface area (Å²) in [4.78, 5) is -0.176. The van der Waals surface area contributed by atoms with Crippen molar-refractivity contribution < 1.29 is 21.9 Å². The predicted molar refractivity (Wildman–Crippen MR) is 73.2 cm³/mol. The van der Waals surface area contributed by atoms with Gasteiger partial charge in [-0.3, -0.25) is 0 Å². The van der Waals surface area contributed by atoms with E-state index >= 15 is 0 Å². The van der Waals surface area contributed by atoms with Gasteiger partial charge in [0.15, 0.2) is 0 Å². The fraction of sp³-hybridized carbons (Fsp3) is 0.143. The summed E-state index contributed by atoms with van der Waals surface area (Å²) in [5, 5.41) is 5.11. The average Bonchev–Trinajstić information content (AvgIpc) is 2.38. The van der Waals surface area contributed by atoms with E-state index in [1.807, 2.05) is 0 Å². The van der Waals surface area contributed by atoms with Crippen molar-refractivity contribution in [2.75, 3.05) is 0 Å². The van der Waals surface area contributed by atoms with Gasteiger partial charge in [0.1, 0.15) is 28.9 Å². The van der Waals surface area contributed by atoms with E-state index in [1.54, 1.807) is 13.0 Å². The molecule has 2 rings (SSSR count). The molecular formula is C14H13F2NO3S. The molecular weight excluding hydrogens is 300 g/mol. The van der Waals surface area contributed by atoms with E-state index in [4.69, 9.17) is 9.88 Å². The minimum atomic E-state index is -3.96. The number of hydrogen-bond donors (Lipinski definition) is 1. The Hall–Kier alpha value is -1.99. The molecule has 2 aromatic carbocycles. The first-order chi connectivity index (χ1) is 9.77. The van der Waals surface area contributed by atoms with Crippen molar-refractivity contribution in [2.24, 2.45) is 5.14 Å². The second kappa shape index (κ2) is 5.79. The Morgan fingerprint density at radius 3 is 2.48 bits per heavy atom. The molecule has 4 nitrogen and oxygen atoms in total. The summed E-state index contributed by atoms with van der Waals surface area (Å²) in [6.45, 7) is 1.47. The van der Waals surface area contributed by atoms with Crippen LogP contribution in [-0.4, -0.2) is 8.42 Å². The van der Waals surface area contributed by atoms with Gasteiger partial charge in [-0.1, -0.05) is 6.07 Å². The number of benzene rings is 2. The van der Waals surface area contributed by atoms with Crippen LogP contribution in [0.3, 0.4) is 0 Å². The molecule has 2 N–H and O–H groups in total. The third-order valence-electron chi connectivity index (χ3n) is 2.80. The molecule has 0 amide bonds. The Morgan fingerprint density at radius 2 is 1.86 bits per heavy atom. The van der Waals surface area contributed by atoms with E-state index in [-0.39, 0.29) is 22.8 Å². The monoisotopic (exact) mass is 313 g/mol. The first kappa shape index (κ1) is 15.4. The van der Waals surface area contributed by atoms with E-state index in [9.17, 15) is 17.2 Å². The molecule has 2 aromatic rings. The molecule has 0 spiro atoms. The SMILES string of the molecule is Cc1ccc(OCc2ccc(F)cc2F)c(S(N)(=O)=O)c1. The van der Waals surface area contributed by atoms with Crippen molar-refractivity contribution in [1.29, 1.82) is 0 Å². The second-order valence-corrected chi connectivity index (χ2v) is 6.05. The quantitative estimate of drug-likeness (QED) is 0.943. The van der Waals surface area contributed by atoms with Crippen LogP contribution < -0.4 is 9.88 Å². The van der Waals surface area contributed by atoms with Crippen molar-refractivity contribution in [3.8, 4) is 5.75 Å². The number of halogens is 2. The van der Waals surface area contributed by atoms with Gasteiger partial charge in [0.2, 0.25) is 10.0 Å². The van der Waals surface area contributed by atoms with Gasteiger partial charge in [-0.05, 0) is 36.8 Å². The highest BCUT2D eigenvalue weighted by Crippen LogP contribution is 2.25. The van der Waals surface area contributed by atoms with E-state index in [2.05, 4.69) is 0 Å². The van der Waals surface area contributed by atoms with Crippen molar-refractivity contribution in [3.05, 3.63) is 59.2 Å². The van der Waals surface area contributed by atoms with Crippen LogP contribution in [0.1, 0.15) is 11.1 Å². The Morgan fingerprint density at radius 1 is 1.14 bits per heavy atom. The lowest BCUT2D eigenvalue weighted by atomic mass is 10.2. The van der Waals surface area contributed by atoms with E-state index in [1.165, 1.54) is 18.2 Å². The lowest BCUT2D eigenvalue weighted by molar-refractivity contribution is 0.291. The summed E-state index contributed by atoms with van der Waals surface area (Å²) in [7, 11) is -3.96. The van der Waals surface area contributed by atoms with Gasteiger partial charge in [0.05, 0.1) is 0 Å². The van der Waals surface area contributed by atoms with Crippen molar-refractivity contribution in [1.82, 2.24) is 0 Å². The van der Waals surface area contributed by atoms with Crippen LogP contribution in [0.2, 0.25) is 0 Å². The standard InChI is InChI=1S/C14H13F2NO3S/c1-9-2-5-13(14(6-9)21(17,18)19)20-8-10-3-4-11(15)7-12(10)16/h2-7H,8H2,1H3,(H2,17,18,19). The van der Waals surface area contributed by atoms with Crippen LogP contribution in [0.5, 0.6) is 5.75 Å². The molecule has 0 radical (unpaired) electrons. The van der Waals surface area contributed by atoms with Crippen molar-refractivity contribution in [2.45, 2.75) is 18.4 Å². The maximum absolute atomic E-state index is 13.5. The van der Waals surface area contributed by atoms with Crippen LogP contribution in [0.15, 0.2) is 41.3 Å². The van der Waals surface area contributed by atoms with Crippen LogP contribution in [0.4, 0.5) is 8.78 Å². The van der Waals surface area contributed by atoms with Crippen LogP contribution in [0.25, 0.3) is 0 Å². The molecule has 0 aliphatic rings. The highest BCUT2D eigenvalue weighted by Gasteiger charge is 2.16. The van der Waals surface area contributed by atoms with E-state index in [0.29, 0.717) is 5.56 Å². The first-order valence-electron chi connectivity index (χ1n) is 5.97. The molecule has 112 valence electrons.